The molecule has 0 radical (unpaired) electrons. The molecule has 1 aliphatic rings. The van der Waals surface area contributed by atoms with E-state index < -0.39 is 0 Å². The van der Waals surface area contributed by atoms with E-state index in [9.17, 15) is 0 Å². The Bertz CT molecular complexity index is 197. The monoisotopic (exact) mass is 181 g/mol. The Morgan fingerprint density at radius 2 is 2.31 bits per heavy atom. The summed E-state index contributed by atoms with van der Waals surface area (Å²) in [5.41, 5.74) is 0. The van der Waals surface area contributed by atoms with Gasteiger partial charge in [0.1, 0.15) is 0 Å². The number of likely N-dealkylation sites (tertiary alicyclic amines) is 1. The summed E-state index contributed by atoms with van der Waals surface area (Å²) in [6.07, 6.45) is 0. The molecule has 3 unspecified atom stereocenters. The van der Waals surface area contributed by atoms with Crippen LogP contribution in [-0.2, 0) is 0 Å². The minimum atomic E-state index is 0.123. The van der Waals surface area contributed by atoms with Gasteiger partial charge in [0.15, 0.2) is 0 Å². The van der Waals surface area contributed by atoms with Crippen molar-refractivity contribution in [3.8, 4) is 6.07 Å². The molecule has 1 N–H and O–H groups in total. The van der Waals surface area contributed by atoms with Crippen molar-refractivity contribution >= 4 is 0 Å². The lowest BCUT2D eigenvalue weighted by atomic mass is 10.1. The van der Waals surface area contributed by atoms with Crippen LogP contribution in [0.3, 0.4) is 0 Å². The van der Waals surface area contributed by atoms with Gasteiger partial charge in [0.05, 0.1) is 12.0 Å². The van der Waals surface area contributed by atoms with Crippen LogP contribution in [-0.4, -0.2) is 37.6 Å². The van der Waals surface area contributed by atoms with E-state index in [1.54, 1.807) is 0 Å². The summed E-state index contributed by atoms with van der Waals surface area (Å²) < 4.78 is 0. The van der Waals surface area contributed by atoms with Gasteiger partial charge in [0, 0.05) is 25.7 Å². The normalized spacial score (nSPS) is 31.5. The lowest BCUT2D eigenvalue weighted by Gasteiger charge is -2.16. The summed E-state index contributed by atoms with van der Waals surface area (Å²) in [4.78, 5) is 2.33. The summed E-state index contributed by atoms with van der Waals surface area (Å²) >= 11 is 0. The molecule has 1 rings (SSSR count). The van der Waals surface area contributed by atoms with Gasteiger partial charge in [-0.25, -0.2) is 0 Å². The van der Waals surface area contributed by atoms with Crippen molar-refractivity contribution in [2.45, 2.75) is 19.9 Å². The molecule has 1 saturated heterocycles. The molecular formula is C10H19N3. The predicted octanol–water partition coefficient (Wildman–Crippen LogP) is 0.686. The highest BCUT2D eigenvalue weighted by molar-refractivity contribution is 4.88. The van der Waals surface area contributed by atoms with Crippen LogP contribution in [0.25, 0.3) is 0 Å². The van der Waals surface area contributed by atoms with Crippen molar-refractivity contribution in [2.75, 3.05) is 26.7 Å². The van der Waals surface area contributed by atoms with Crippen LogP contribution in [0.2, 0.25) is 0 Å². The molecule has 0 amide bonds. The fourth-order valence-corrected chi connectivity index (χ4v) is 1.85. The van der Waals surface area contributed by atoms with E-state index in [1.165, 1.54) is 6.54 Å². The van der Waals surface area contributed by atoms with Crippen LogP contribution >= 0.6 is 0 Å². The highest BCUT2D eigenvalue weighted by Crippen LogP contribution is 2.14. The van der Waals surface area contributed by atoms with Crippen molar-refractivity contribution in [3.05, 3.63) is 0 Å². The Kier molecular flexibility index (Phi) is 3.71. The second-order valence-corrected chi connectivity index (χ2v) is 4.24. The molecule has 0 saturated carbocycles. The molecule has 3 heteroatoms. The molecule has 1 fully saturated rings. The Balaban J connectivity index is 2.26. The highest BCUT2D eigenvalue weighted by atomic mass is 15.2. The van der Waals surface area contributed by atoms with E-state index in [1.807, 2.05) is 6.92 Å². The third-order valence-electron chi connectivity index (χ3n) is 2.70. The number of hydrogen-bond donors (Lipinski definition) is 1. The maximum Gasteiger partial charge on any atom is 0.0666 e. The molecule has 1 aliphatic heterocycles. The van der Waals surface area contributed by atoms with Crippen molar-refractivity contribution in [2.24, 2.45) is 11.8 Å². The van der Waals surface area contributed by atoms with Gasteiger partial charge < -0.3 is 10.2 Å². The molecule has 0 bridgehead atoms. The number of likely N-dealkylation sites (N-methyl/N-ethyl adjacent to an activating group) is 1. The number of nitriles is 1. The summed E-state index contributed by atoms with van der Waals surface area (Å²) in [6.45, 7) is 7.31. The first kappa shape index (κ1) is 10.5. The Labute approximate surface area is 80.7 Å². The molecule has 1 heterocycles. The molecule has 0 spiro atoms. The van der Waals surface area contributed by atoms with Crippen molar-refractivity contribution in [3.63, 3.8) is 0 Å². The lowest BCUT2D eigenvalue weighted by molar-refractivity contribution is 0.394. The smallest absolute Gasteiger partial charge is 0.0666 e. The van der Waals surface area contributed by atoms with Gasteiger partial charge in [-0.2, -0.15) is 5.26 Å². The van der Waals surface area contributed by atoms with Gasteiger partial charge in [-0.15, -0.1) is 0 Å². The molecular weight excluding hydrogens is 162 g/mol. The summed E-state index contributed by atoms with van der Waals surface area (Å²) in [6, 6.07) is 2.81. The first-order valence-electron chi connectivity index (χ1n) is 4.95. The zero-order valence-electron chi connectivity index (χ0n) is 8.75. The number of rotatable bonds is 3. The van der Waals surface area contributed by atoms with Gasteiger partial charge in [-0.05, 0) is 19.9 Å². The minimum absolute atomic E-state index is 0.123. The van der Waals surface area contributed by atoms with Crippen LogP contribution in [0.5, 0.6) is 0 Å². The van der Waals surface area contributed by atoms with E-state index in [0.717, 1.165) is 13.1 Å². The van der Waals surface area contributed by atoms with Crippen molar-refractivity contribution < 1.29 is 0 Å². The molecule has 13 heavy (non-hydrogen) atoms. The third kappa shape index (κ3) is 2.98. The Hall–Kier alpha value is -0.590. The summed E-state index contributed by atoms with van der Waals surface area (Å²) in [5, 5.41) is 12.1. The molecule has 3 nitrogen and oxygen atoms in total. The maximum atomic E-state index is 8.63. The third-order valence-corrected chi connectivity index (χ3v) is 2.70. The number of hydrogen-bond acceptors (Lipinski definition) is 3. The quantitative estimate of drug-likeness (QED) is 0.696. The largest absolute Gasteiger partial charge is 0.311 e. The van der Waals surface area contributed by atoms with E-state index in [4.69, 9.17) is 5.26 Å². The number of nitrogens with one attached hydrogen (secondary N) is 1. The lowest BCUT2D eigenvalue weighted by Crippen LogP contribution is -2.37. The minimum Gasteiger partial charge on any atom is -0.311 e. The van der Waals surface area contributed by atoms with E-state index in [0.29, 0.717) is 12.0 Å². The van der Waals surface area contributed by atoms with E-state index in [-0.39, 0.29) is 5.92 Å². The summed E-state index contributed by atoms with van der Waals surface area (Å²) in [7, 11) is 2.14. The van der Waals surface area contributed by atoms with E-state index in [2.05, 4.69) is 30.3 Å². The van der Waals surface area contributed by atoms with E-state index >= 15 is 0 Å². The van der Waals surface area contributed by atoms with Crippen LogP contribution in [0.15, 0.2) is 0 Å². The first-order chi connectivity index (χ1) is 6.13. The molecule has 0 aromatic carbocycles. The van der Waals surface area contributed by atoms with Crippen LogP contribution in [0.1, 0.15) is 13.8 Å². The fraction of sp³-hybridized carbons (Fsp3) is 0.900. The van der Waals surface area contributed by atoms with Gasteiger partial charge in [0.2, 0.25) is 0 Å². The average molecular weight is 181 g/mol. The Morgan fingerprint density at radius 3 is 2.77 bits per heavy atom. The standard InChI is InChI=1S/C10H19N3/c1-8(4-11)5-12-10-7-13(3)6-9(10)2/h8-10,12H,5-7H2,1-3H3. The van der Waals surface area contributed by atoms with Crippen LogP contribution < -0.4 is 5.32 Å². The van der Waals surface area contributed by atoms with Crippen molar-refractivity contribution in [1.29, 1.82) is 5.26 Å². The number of nitrogens with zero attached hydrogens (tertiary/aromatic N) is 2. The van der Waals surface area contributed by atoms with Gasteiger partial charge in [-0.1, -0.05) is 6.92 Å². The second kappa shape index (κ2) is 4.59. The highest BCUT2D eigenvalue weighted by Gasteiger charge is 2.26. The Morgan fingerprint density at radius 1 is 1.62 bits per heavy atom. The first-order valence-corrected chi connectivity index (χ1v) is 4.95. The molecule has 0 aliphatic carbocycles. The maximum absolute atomic E-state index is 8.63. The average Bonchev–Trinajstić information content (AvgIpc) is 2.41. The summed E-state index contributed by atoms with van der Waals surface area (Å²) in [5.74, 6) is 0.828. The van der Waals surface area contributed by atoms with Crippen molar-refractivity contribution in [1.82, 2.24) is 10.2 Å². The molecule has 74 valence electrons. The fourth-order valence-electron chi connectivity index (χ4n) is 1.85. The zero-order chi connectivity index (χ0) is 9.84. The molecule has 0 aromatic heterocycles. The SMILES string of the molecule is CC(C#N)CNC1CN(C)CC1C. The molecule has 0 aromatic rings. The molecule has 3 atom stereocenters. The van der Waals surface area contributed by atoms with Gasteiger partial charge in [-0.3, -0.25) is 0 Å². The van der Waals surface area contributed by atoms with Gasteiger partial charge >= 0.3 is 0 Å². The van der Waals surface area contributed by atoms with Crippen LogP contribution in [0.4, 0.5) is 0 Å². The second-order valence-electron chi connectivity index (χ2n) is 4.24. The van der Waals surface area contributed by atoms with Crippen LogP contribution in [0, 0.1) is 23.2 Å². The zero-order valence-corrected chi connectivity index (χ0v) is 8.75. The van der Waals surface area contributed by atoms with Gasteiger partial charge in [0.25, 0.3) is 0 Å². The topological polar surface area (TPSA) is 39.1 Å². The predicted molar refractivity (Wildman–Crippen MR) is 53.2 cm³/mol.